The third-order valence-corrected chi connectivity index (χ3v) is 4.22. The summed E-state index contributed by atoms with van der Waals surface area (Å²) in [5.41, 5.74) is 7.65. The van der Waals surface area contributed by atoms with E-state index >= 15 is 0 Å². The zero-order chi connectivity index (χ0) is 20.0. The molecule has 0 aliphatic carbocycles. The highest BCUT2D eigenvalue weighted by Gasteiger charge is 2.17. The fraction of sp³-hybridized carbons (Fsp3) is 0.350. The molecule has 0 amide bonds. The summed E-state index contributed by atoms with van der Waals surface area (Å²) in [6, 6.07) is 6.84. The fourth-order valence-corrected chi connectivity index (χ4v) is 2.81. The van der Waals surface area contributed by atoms with E-state index in [4.69, 9.17) is 29.4 Å². The van der Waals surface area contributed by atoms with Gasteiger partial charge in [0.1, 0.15) is 0 Å². The SMILES string of the molecule is COc1cc(N)c(C(=O)CCc2cc(OC)c(OC)c(OC)c2)cc1OC. The third kappa shape index (κ3) is 4.36. The zero-order valence-corrected chi connectivity index (χ0v) is 16.3. The largest absolute Gasteiger partial charge is 0.493 e. The van der Waals surface area contributed by atoms with Gasteiger partial charge in [0, 0.05) is 23.7 Å². The number of aryl methyl sites for hydroxylation is 1. The maximum absolute atomic E-state index is 12.7. The van der Waals surface area contributed by atoms with Crippen molar-refractivity contribution in [1.82, 2.24) is 0 Å². The van der Waals surface area contributed by atoms with Gasteiger partial charge in [-0.3, -0.25) is 4.79 Å². The first-order valence-corrected chi connectivity index (χ1v) is 8.32. The van der Waals surface area contributed by atoms with Gasteiger partial charge < -0.3 is 29.4 Å². The fourth-order valence-electron chi connectivity index (χ4n) is 2.81. The Morgan fingerprint density at radius 2 is 1.30 bits per heavy atom. The molecule has 0 saturated heterocycles. The van der Waals surface area contributed by atoms with Crippen molar-refractivity contribution < 1.29 is 28.5 Å². The van der Waals surface area contributed by atoms with Crippen LogP contribution in [-0.4, -0.2) is 41.3 Å². The van der Waals surface area contributed by atoms with Gasteiger partial charge in [0.25, 0.3) is 0 Å². The number of benzene rings is 2. The second-order valence-corrected chi connectivity index (χ2v) is 5.75. The Kier molecular flexibility index (Phi) is 6.76. The number of hydrogen-bond acceptors (Lipinski definition) is 7. The summed E-state index contributed by atoms with van der Waals surface area (Å²) in [4.78, 5) is 12.7. The van der Waals surface area contributed by atoms with Crippen molar-refractivity contribution in [3.05, 3.63) is 35.4 Å². The van der Waals surface area contributed by atoms with Crippen LogP contribution in [0, 0.1) is 0 Å². The lowest BCUT2D eigenvalue weighted by Gasteiger charge is -2.14. The zero-order valence-electron chi connectivity index (χ0n) is 16.3. The number of ether oxygens (including phenoxy) is 5. The van der Waals surface area contributed by atoms with Crippen LogP contribution in [0.5, 0.6) is 28.7 Å². The standard InChI is InChI=1S/C20H25NO6/c1-23-16-10-13(14(21)11-17(16)24-2)15(22)7-6-12-8-18(25-3)20(27-5)19(9-12)26-4/h8-11H,6-7,21H2,1-5H3. The molecule has 0 atom stereocenters. The number of anilines is 1. The molecule has 0 aliphatic heterocycles. The normalized spacial score (nSPS) is 10.3. The van der Waals surface area contributed by atoms with Crippen molar-refractivity contribution in [3.63, 3.8) is 0 Å². The molecule has 0 heterocycles. The Hall–Kier alpha value is -3.09. The van der Waals surface area contributed by atoms with Crippen molar-refractivity contribution >= 4 is 11.5 Å². The number of carbonyl (C=O) groups excluding carboxylic acids is 1. The van der Waals surface area contributed by atoms with Crippen LogP contribution in [0.25, 0.3) is 0 Å². The van der Waals surface area contributed by atoms with Gasteiger partial charge in [-0.25, -0.2) is 0 Å². The van der Waals surface area contributed by atoms with Crippen molar-refractivity contribution in [1.29, 1.82) is 0 Å². The lowest BCUT2D eigenvalue weighted by Crippen LogP contribution is -2.07. The minimum absolute atomic E-state index is 0.0952. The Morgan fingerprint density at radius 3 is 1.78 bits per heavy atom. The van der Waals surface area contributed by atoms with Crippen LogP contribution in [0.3, 0.4) is 0 Å². The van der Waals surface area contributed by atoms with E-state index in [2.05, 4.69) is 0 Å². The van der Waals surface area contributed by atoms with Gasteiger partial charge in [0.15, 0.2) is 28.8 Å². The molecule has 0 fully saturated rings. The maximum Gasteiger partial charge on any atom is 0.203 e. The smallest absolute Gasteiger partial charge is 0.203 e. The predicted octanol–water partition coefficient (Wildman–Crippen LogP) is 3.13. The summed E-state index contributed by atoms with van der Waals surface area (Å²) in [5, 5.41) is 0. The Balaban J connectivity index is 2.23. The molecule has 7 heteroatoms. The molecule has 2 aromatic rings. The lowest BCUT2D eigenvalue weighted by molar-refractivity contribution is 0.0983. The van der Waals surface area contributed by atoms with Gasteiger partial charge in [-0.05, 0) is 30.2 Å². The predicted molar refractivity (Wildman–Crippen MR) is 103 cm³/mol. The molecule has 27 heavy (non-hydrogen) atoms. The molecule has 2 aromatic carbocycles. The van der Waals surface area contributed by atoms with Crippen LogP contribution in [0.2, 0.25) is 0 Å². The summed E-state index contributed by atoms with van der Waals surface area (Å²) in [6.07, 6.45) is 0.752. The van der Waals surface area contributed by atoms with Gasteiger partial charge >= 0.3 is 0 Å². The summed E-state index contributed by atoms with van der Waals surface area (Å²) in [6.45, 7) is 0. The topological polar surface area (TPSA) is 89.2 Å². The molecule has 146 valence electrons. The average molecular weight is 375 g/mol. The summed E-state index contributed by atoms with van der Waals surface area (Å²) in [5.74, 6) is 2.45. The molecule has 0 aromatic heterocycles. The molecule has 0 saturated carbocycles. The number of carbonyl (C=O) groups is 1. The van der Waals surface area contributed by atoms with E-state index in [1.165, 1.54) is 14.2 Å². The average Bonchev–Trinajstić information content (AvgIpc) is 2.70. The van der Waals surface area contributed by atoms with Crippen LogP contribution in [-0.2, 0) is 6.42 Å². The van der Waals surface area contributed by atoms with E-state index in [0.29, 0.717) is 46.4 Å². The second-order valence-electron chi connectivity index (χ2n) is 5.75. The Morgan fingerprint density at radius 1 is 0.778 bits per heavy atom. The van der Waals surface area contributed by atoms with E-state index in [9.17, 15) is 4.79 Å². The van der Waals surface area contributed by atoms with Crippen molar-refractivity contribution in [2.45, 2.75) is 12.8 Å². The van der Waals surface area contributed by atoms with Gasteiger partial charge in [0.05, 0.1) is 35.5 Å². The summed E-state index contributed by atoms with van der Waals surface area (Å²) >= 11 is 0. The summed E-state index contributed by atoms with van der Waals surface area (Å²) in [7, 11) is 7.68. The van der Waals surface area contributed by atoms with Gasteiger partial charge in [-0.2, -0.15) is 0 Å². The van der Waals surface area contributed by atoms with Crippen molar-refractivity contribution in [2.75, 3.05) is 41.3 Å². The molecule has 0 unspecified atom stereocenters. The van der Waals surface area contributed by atoms with Crippen LogP contribution in [0.1, 0.15) is 22.3 Å². The Bertz CT molecular complexity index is 793. The number of nitrogens with two attached hydrogens (primary N) is 1. The van der Waals surface area contributed by atoms with Crippen LogP contribution in [0.4, 0.5) is 5.69 Å². The molecule has 0 bridgehead atoms. The number of rotatable bonds is 9. The molecule has 2 rings (SSSR count). The first-order valence-electron chi connectivity index (χ1n) is 8.32. The monoisotopic (exact) mass is 375 g/mol. The van der Waals surface area contributed by atoms with Crippen molar-refractivity contribution in [2.24, 2.45) is 0 Å². The molecule has 2 N–H and O–H groups in total. The van der Waals surface area contributed by atoms with Crippen molar-refractivity contribution in [3.8, 4) is 28.7 Å². The second kappa shape index (κ2) is 9.02. The highest BCUT2D eigenvalue weighted by molar-refractivity contribution is 6.01. The molecule has 0 aliphatic rings. The minimum atomic E-state index is -0.0952. The van der Waals surface area contributed by atoms with Crippen LogP contribution < -0.4 is 29.4 Å². The highest BCUT2D eigenvalue weighted by Crippen LogP contribution is 2.38. The Labute approximate surface area is 158 Å². The van der Waals surface area contributed by atoms with E-state index in [1.54, 1.807) is 33.5 Å². The van der Waals surface area contributed by atoms with E-state index in [1.807, 2.05) is 12.1 Å². The quantitative estimate of drug-likeness (QED) is 0.532. The van der Waals surface area contributed by atoms with E-state index < -0.39 is 0 Å². The molecule has 0 radical (unpaired) electrons. The summed E-state index contributed by atoms with van der Waals surface area (Å²) < 4.78 is 26.5. The first-order chi connectivity index (χ1) is 13.0. The number of Topliss-reactive ketones (excluding diaryl/α,β-unsaturated/α-hetero) is 1. The first kappa shape index (κ1) is 20.2. The number of ketones is 1. The maximum atomic E-state index is 12.7. The minimum Gasteiger partial charge on any atom is -0.493 e. The molecular formula is C20H25NO6. The number of hydrogen-bond donors (Lipinski definition) is 1. The third-order valence-electron chi connectivity index (χ3n) is 4.22. The van der Waals surface area contributed by atoms with E-state index in [-0.39, 0.29) is 12.2 Å². The number of methoxy groups -OCH3 is 5. The molecule has 0 spiro atoms. The lowest BCUT2D eigenvalue weighted by atomic mass is 10.0. The molecule has 7 nitrogen and oxygen atoms in total. The van der Waals surface area contributed by atoms with Gasteiger partial charge in [0.2, 0.25) is 5.75 Å². The highest BCUT2D eigenvalue weighted by atomic mass is 16.5. The van der Waals surface area contributed by atoms with Gasteiger partial charge in [-0.1, -0.05) is 0 Å². The van der Waals surface area contributed by atoms with E-state index in [0.717, 1.165) is 5.56 Å². The molecular weight excluding hydrogens is 350 g/mol. The number of nitrogen functional groups attached to an aromatic ring is 1. The van der Waals surface area contributed by atoms with Crippen LogP contribution >= 0.6 is 0 Å². The van der Waals surface area contributed by atoms with Crippen LogP contribution in [0.15, 0.2) is 24.3 Å². The van der Waals surface area contributed by atoms with Gasteiger partial charge in [-0.15, -0.1) is 0 Å².